The Hall–Kier alpha value is -1.88. The van der Waals surface area contributed by atoms with Gasteiger partial charge in [-0.1, -0.05) is 0 Å². The highest BCUT2D eigenvalue weighted by Crippen LogP contribution is 2.45. The Kier molecular flexibility index (Phi) is 31.6. The lowest BCUT2D eigenvalue weighted by Gasteiger charge is -2.31. The Labute approximate surface area is 387 Å². The van der Waals surface area contributed by atoms with Gasteiger partial charge in [-0.2, -0.15) is 70.2 Å². The minimum absolute atomic E-state index is 0.0279. The Bertz CT molecular complexity index is 1260. The second-order valence-corrected chi connectivity index (χ2v) is 14.4. The summed E-state index contributed by atoms with van der Waals surface area (Å²) in [5, 5.41) is 65.3. The van der Waals surface area contributed by atoms with Crippen molar-refractivity contribution in [1.82, 2.24) is 0 Å². The van der Waals surface area contributed by atoms with Gasteiger partial charge in [0.2, 0.25) is 0 Å². The van der Waals surface area contributed by atoms with Gasteiger partial charge in [0.25, 0.3) is 0 Å². The molecular weight excluding hydrogens is 1030 g/mol. The van der Waals surface area contributed by atoms with E-state index in [4.69, 9.17) is 29.2 Å². The molecule has 7 N–H and O–H groups in total. The lowest BCUT2D eigenvalue weighted by atomic mass is 10.2. The predicted molar refractivity (Wildman–Crippen MR) is 193 cm³/mol. The quantitative estimate of drug-likeness (QED) is 0.0341. The molecular formula is C35H56F16O19. The van der Waals surface area contributed by atoms with Gasteiger partial charge in [-0.3, -0.25) is 0 Å². The van der Waals surface area contributed by atoms with E-state index < -0.39 is 132 Å². The van der Waals surface area contributed by atoms with Crippen molar-refractivity contribution in [3.8, 4) is 0 Å². The highest BCUT2D eigenvalue weighted by Gasteiger charge is 2.68. The second-order valence-electron chi connectivity index (χ2n) is 14.4. The zero-order valence-corrected chi connectivity index (χ0v) is 36.5. The molecule has 0 saturated carbocycles. The Morgan fingerprint density at radius 3 is 0.714 bits per heavy atom. The number of aliphatic hydroxyl groups is 7. The number of rotatable bonds is 46. The number of aliphatic hydroxyl groups excluding tert-OH is 7. The van der Waals surface area contributed by atoms with E-state index in [9.17, 15) is 95.8 Å². The van der Waals surface area contributed by atoms with Gasteiger partial charge in [-0.15, -0.1) is 0 Å². The topological polar surface area (TPSA) is 252 Å². The van der Waals surface area contributed by atoms with E-state index in [2.05, 4.69) is 37.9 Å². The normalized spacial score (nSPS) is 16.2. The first-order valence-corrected chi connectivity index (χ1v) is 20.2. The Morgan fingerprint density at radius 1 is 0.286 bits per heavy atom. The summed E-state index contributed by atoms with van der Waals surface area (Å²) in [5.74, 6) is 0. The third-order valence-corrected chi connectivity index (χ3v) is 7.47. The Morgan fingerprint density at radius 2 is 0.486 bits per heavy atom. The molecule has 0 radical (unpaired) electrons. The van der Waals surface area contributed by atoms with E-state index in [1.165, 1.54) is 0 Å². The molecule has 0 rings (SSSR count). The van der Waals surface area contributed by atoms with Crippen molar-refractivity contribution < 1.29 is 163 Å². The van der Waals surface area contributed by atoms with Crippen LogP contribution in [0.2, 0.25) is 0 Å². The minimum atomic E-state index is -6.59. The molecule has 35 heteroatoms. The first-order chi connectivity index (χ1) is 32.1. The van der Waals surface area contributed by atoms with Crippen molar-refractivity contribution in [2.24, 2.45) is 0 Å². The maximum Gasteiger partial charge on any atom is 0.453 e. The van der Waals surface area contributed by atoms with Crippen molar-refractivity contribution >= 4 is 0 Å². The van der Waals surface area contributed by atoms with Crippen LogP contribution >= 0.6 is 0 Å². The smallest absolute Gasteiger partial charge is 0.394 e. The fraction of sp³-hybridized carbons (Fsp3) is 1.00. The molecule has 0 spiro atoms. The van der Waals surface area contributed by atoms with E-state index in [0.717, 1.165) is 0 Å². The van der Waals surface area contributed by atoms with Gasteiger partial charge >= 0.3 is 48.9 Å². The standard InChI is InChI=1S/C35H56F16O19/c36-28(37,19-63-11-23(54)3-1-7-59-13-25(56)15-61-9-5-52)67-32(44,45)34(48,49)69-30(40,41)21-65-17-27(58)18-66-22-31(42,43)70-35(50,51)33(46,47)68-29(38,39)20-64-12-24(55)4-2-8-60-14-26(57)16-62-10-6-53/h23-27,52-58H,1-22H2. The largest absolute Gasteiger partial charge is 0.453 e. The van der Waals surface area contributed by atoms with Crippen LogP contribution < -0.4 is 0 Å². The molecule has 4 unspecified atom stereocenters. The highest BCUT2D eigenvalue weighted by molar-refractivity contribution is 4.74. The van der Waals surface area contributed by atoms with Crippen LogP contribution in [0, 0.1) is 0 Å². The molecule has 0 aromatic heterocycles. The van der Waals surface area contributed by atoms with Gasteiger partial charge in [0, 0.05) is 13.2 Å². The molecule has 422 valence electrons. The zero-order valence-electron chi connectivity index (χ0n) is 36.5. The molecule has 19 nitrogen and oxygen atoms in total. The van der Waals surface area contributed by atoms with Crippen molar-refractivity contribution in [2.45, 2.75) is 105 Å². The molecule has 0 heterocycles. The third-order valence-electron chi connectivity index (χ3n) is 7.47. The molecule has 0 aliphatic heterocycles. The molecule has 0 bridgehead atoms. The lowest BCUT2D eigenvalue weighted by Crippen LogP contribution is -2.53. The van der Waals surface area contributed by atoms with Crippen molar-refractivity contribution in [1.29, 1.82) is 0 Å². The van der Waals surface area contributed by atoms with E-state index >= 15 is 0 Å². The van der Waals surface area contributed by atoms with Crippen LogP contribution in [0.4, 0.5) is 70.2 Å². The maximum absolute atomic E-state index is 13.9. The molecule has 0 fully saturated rings. The van der Waals surface area contributed by atoms with Gasteiger partial charge in [0.15, 0.2) is 0 Å². The van der Waals surface area contributed by atoms with Crippen molar-refractivity contribution in [3.05, 3.63) is 0 Å². The number of halogens is 16. The first kappa shape index (κ1) is 68.1. The third kappa shape index (κ3) is 31.7. The summed E-state index contributed by atoms with van der Waals surface area (Å²) >= 11 is 0. The second kappa shape index (κ2) is 32.4. The van der Waals surface area contributed by atoms with Gasteiger partial charge < -0.3 is 73.6 Å². The molecule has 0 amide bonds. The number of hydrogen-bond acceptors (Lipinski definition) is 19. The lowest BCUT2D eigenvalue weighted by molar-refractivity contribution is -0.516. The molecule has 0 aliphatic rings. The molecule has 0 saturated heterocycles. The number of alkyl halides is 16. The van der Waals surface area contributed by atoms with Crippen LogP contribution in [0.25, 0.3) is 0 Å². The van der Waals surface area contributed by atoms with Crippen LogP contribution in [-0.2, 0) is 56.8 Å². The van der Waals surface area contributed by atoms with Crippen LogP contribution in [0.1, 0.15) is 25.7 Å². The van der Waals surface area contributed by atoms with Crippen LogP contribution in [0.3, 0.4) is 0 Å². The molecule has 0 aromatic rings. The summed E-state index contributed by atoms with van der Waals surface area (Å²) in [7, 11) is 0. The first-order valence-electron chi connectivity index (χ1n) is 20.2. The predicted octanol–water partition coefficient (Wildman–Crippen LogP) is 2.28. The van der Waals surface area contributed by atoms with Crippen LogP contribution in [0.15, 0.2) is 0 Å². The fourth-order valence-corrected chi connectivity index (χ4v) is 4.52. The summed E-state index contributed by atoms with van der Waals surface area (Å²) in [4.78, 5) is 0. The molecule has 0 aliphatic carbocycles. The molecule has 0 aromatic carbocycles. The van der Waals surface area contributed by atoms with Crippen molar-refractivity contribution in [3.63, 3.8) is 0 Å². The van der Waals surface area contributed by atoms with E-state index in [1.807, 2.05) is 0 Å². The van der Waals surface area contributed by atoms with Crippen LogP contribution in [-0.4, -0.2) is 234 Å². The van der Waals surface area contributed by atoms with Gasteiger partial charge in [0.1, 0.15) is 44.7 Å². The fourth-order valence-electron chi connectivity index (χ4n) is 4.52. The monoisotopic (exact) mass is 1080 g/mol. The van der Waals surface area contributed by atoms with Crippen molar-refractivity contribution in [2.75, 3.05) is 119 Å². The number of hydrogen-bond donors (Lipinski definition) is 7. The summed E-state index contributed by atoms with van der Waals surface area (Å²) < 4.78 is 269. The molecule has 4 atom stereocenters. The maximum atomic E-state index is 13.9. The van der Waals surface area contributed by atoms with Crippen LogP contribution in [0.5, 0.6) is 0 Å². The molecule has 70 heavy (non-hydrogen) atoms. The summed E-state index contributed by atoms with van der Waals surface area (Å²) in [5.41, 5.74) is 0. The van der Waals surface area contributed by atoms with Gasteiger partial charge in [0.05, 0.1) is 91.5 Å². The van der Waals surface area contributed by atoms with E-state index in [1.54, 1.807) is 0 Å². The zero-order chi connectivity index (χ0) is 53.9. The van der Waals surface area contributed by atoms with Gasteiger partial charge in [-0.05, 0) is 25.7 Å². The average molecular weight is 1080 g/mol. The van der Waals surface area contributed by atoms with Gasteiger partial charge in [-0.25, -0.2) is 18.9 Å². The average Bonchev–Trinajstić information content (AvgIpc) is 3.18. The summed E-state index contributed by atoms with van der Waals surface area (Å²) in [6, 6.07) is 0. The number of ether oxygens (including phenoxy) is 12. The van der Waals surface area contributed by atoms with E-state index in [0.29, 0.717) is 0 Å². The Balaban J connectivity index is 4.74. The summed E-state index contributed by atoms with van der Waals surface area (Å²) in [6.45, 7) is -16.4. The van der Waals surface area contributed by atoms with E-state index in [-0.39, 0.29) is 91.8 Å². The highest BCUT2D eigenvalue weighted by atomic mass is 19.4. The minimum Gasteiger partial charge on any atom is -0.394 e. The SMILES string of the molecule is OCCOCC(O)COCCCC(O)COCC(F)(F)OC(F)(F)C(F)(F)OC(F)(F)COCC(O)COCC(F)(F)OC(F)(F)C(F)(F)OC(F)(F)COCC(O)CCCOCC(O)COCCO. The summed E-state index contributed by atoms with van der Waals surface area (Å²) in [6.07, 6.45) is -56.2.